The first-order valence-corrected chi connectivity index (χ1v) is 10.9. The highest BCUT2D eigenvalue weighted by Gasteiger charge is 2.15. The van der Waals surface area contributed by atoms with Crippen LogP contribution in [0.1, 0.15) is 35.7 Å². The van der Waals surface area contributed by atoms with Gasteiger partial charge in [0.2, 0.25) is 0 Å². The Kier molecular flexibility index (Phi) is 7.12. The Morgan fingerprint density at radius 3 is 2.52 bits per heavy atom. The highest BCUT2D eigenvalue weighted by atomic mass is 35.5. The van der Waals surface area contributed by atoms with E-state index in [1.54, 1.807) is 36.4 Å². The summed E-state index contributed by atoms with van der Waals surface area (Å²) >= 11 is 6.08. The minimum Gasteiger partial charge on any atom is -0.491 e. The fourth-order valence-electron chi connectivity index (χ4n) is 2.64. The van der Waals surface area contributed by atoms with Crippen LogP contribution in [0.15, 0.2) is 70.0 Å². The number of halogens is 1. The molecule has 3 aromatic rings. The van der Waals surface area contributed by atoms with Crippen molar-refractivity contribution in [2.45, 2.75) is 37.1 Å². The van der Waals surface area contributed by atoms with Gasteiger partial charge in [0.05, 0.1) is 32.6 Å². The lowest BCUT2D eigenvalue weighted by molar-refractivity contribution is 0.0921. The molecule has 0 fully saturated rings. The zero-order valence-corrected chi connectivity index (χ0v) is 17.8. The standard InChI is InChI=1S/C22H22ClNO4S/c1-15(2)27-17-9-7-16(8-10-17)13-24-22(25)20-12-11-18(28-20)14-29(26)21-6-4-3-5-19(21)23/h3-12,15H,13-14H2,1-2H3,(H,24,25)/t29-/m1/s1. The minimum atomic E-state index is -1.36. The lowest BCUT2D eigenvalue weighted by Crippen LogP contribution is -2.22. The van der Waals surface area contributed by atoms with Crippen LogP contribution in [-0.4, -0.2) is 16.2 Å². The van der Waals surface area contributed by atoms with Gasteiger partial charge in [-0.2, -0.15) is 0 Å². The number of amides is 1. The van der Waals surface area contributed by atoms with E-state index in [0.29, 0.717) is 22.2 Å². The van der Waals surface area contributed by atoms with E-state index in [1.165, 1.54) is 0 Å². The Bertz CT molecular complexity index is 998. The van der Waals surface area contributed by atoms with E-state index in [2.05, 4.69) is 5.32 Å². The fraction of sp³-hybridized carbons (Fsp3) is 0.227. The minimum absolute atomic E-state index is 0.112. The first-order chi connectivity index (χ1) is 13.9. The molecule has 1 atom stereocenters. The third-order valence-corrected chi connectivity index (χ3v) is 5.82. The van der Waals surface area contributed by atoms with Crippen LogP contribution < -0.4 is 10.1 Å². The average molecular weight is 432 g/mol. The SMILES string of the molecule is CC(C)Oc1ccc(CNC(=O)c2ccc(C[S@@](=O)c3ccccc3Cl)o2)cc1. The second kappa shape index (κ2) is 9.76. The van der Waals surface area contributed by atoms with Crippen molar-refractivity contribution in [3.8, 4) is 5.75 Å². The van der Waals surface area contributed by atoms with E-state index in [9.17, 15) is 9.00 Å². The van der Waals surface area contributed by atoms with E-state index in [4.69, 9.17) is 20.8 Å². The summed E-state index contributed by atoms with van der Waals surface area (Å²) in [7, 11) is -1.36. The van der Waals surface area contributed by atoms with Gasteiger partial charge in [0.1, 0.15) is 11.5 Å². The first kappa shape index (κ1) is 21.1. The summed E-state index contributed by atoms with van der Waals surface area (Å²) in [6.45, 7) is 4.30. The van der Waals surface area contributed by atoms with Crippen LogP contribution in [0.5, 0.6) is 5.75 Å². The Morgan fingerprint density at radius 2 is 1.83 bits per heavy atom. The molecule has 0 unspecified atom stereocenters. The molecular weight excluding hydrogens is 410 g/mol. The largest absolute Gasteiger partial charge is 0.491 e. The maximum absolute atomic E-state index is 12.5. The summed E-state index contributed by atoms with van der Waals surface area (Å²) in [4.78, 5) is 12.9. The molecule has 0 spiro atoms. The van der Waals surface area contributed by atoms with E-state index in [-0.39, 0.29) is 23.5 Å². The summed E-state index contributed by atoms with van der Waals surface area (Å²) < 4.78 is 23.6. The lowest BCUT2D eigenvalue weighted by atomic mass is 10.2. The van der Waals surface area contributed by atoms with Gasteiger partial charge in [-0.1, -0.05) is 35.9 Å². The number of nitrogens with one attached hydrogen (secondary N) is 1. The summed E-state index contributed by atoms with van der Waals surface area (Å²) in [5.74, 6) is 1.24. The van der Waals surface area contributed by atoms with Gasteiger partial charge in [-0.05, 0) is 55.8 Å². The molecule has 0 aliphatic rings. The third-order valence-electron chi connectivity index (χ3n) is 3.99. The van der Waals surface area contributed by atoms with Gasteiger partial charge in [-0.3, -0.25) is 9.00 Å². The van der Waals surface area contributed by atoms with Crippen LogP contribution in [0.25, 0.3) is 0 Å². The van der Waals surface area contributed by atoms with Crippen LogP contribution in [0.4, 0.5) is 0 Å². The molecule has 3 rings (SSSR count). The van der Waals surface area contributed by atoms with Crippen molar-refractivity contribution in [3.05, 3.63) is 82.8 Å². The molecule has 0 radical (unpaired) electrons. The van der Waals surface area contributed by atoms with Crippen LogP contribution in [0, 0.1) is 0 Å². The molecule has 1 N–H and O–H groups in total. The van der Waals surface area contributed by atoms with Gasteiger partial charge in [0, 0.05) is 6.54 Å². The van der Waals surface area contributed by atoms with Crippen molar-refractivity contribution in [2.24, 2.45) is 0 Å². The van der Waals surface area contributed by atoms with Gasteiger partial charge in [0.25, 0.3) is 5.91 Å². The van der Waals surface area contributed by atoms with Crippen LogP contribution in [0.3, 0.4) is 0 Å². The zero-order valence-electron chi connectivity index (χ0n) is 16.2. The number of carbonyl (C=O) groups is 1. The fourth-order valence-corrected chi connectivity index (χ4v) is 4.12. The van der Waals surface area contributed by atoms with Crippen LogP contribution in [0.2, 0.25) is 5.02 Å². The van der Waals surface area contributed by atoms with Crippen molar-refractivity contribution >= 4 is 28.3 Å². The Hall–Kier alpha value is -2.57. The average Bonchev–Trinajstić information content (AvgIpc) is 3.15. The topological polar surface area (TPSA) is 68.5 Å². The molecule has 0 aliphatic carbocycles. The maximum Gasteiger partial charge on any atom is 0.287 e. The normalized spacial score (nSPS) is 12.0. The molecule has 7 heteroatoms. The molecule has 1 aromatic heterocycles. The van der Waals surface area contributed by atoms with E-state index < -0.39 is 10.8 Å². The zero-order chi connectivity index (χ0) is 20.8. The van der Waals surface area contributed by atoms with Gasteiger partial charge >= 0.3 is 0 Å². The second-order valence-corrected chi connectivity index (χ2v) is 8.51. The van der Waals surface area contributed by atoms with E-state index in [0.717, 1.165) is 11.3 Å². The molecule has 0 saturated heterocycles. The number of benzene rings is 2. The molecule has 0 bridgehead atoms. The third kappa shape index (κ3) is 5.95. The summed E-state index contributed by atoms with van der Waals surface area (Å²) in [6, 6.07) is 17.7. The molecular formula is C22H22ClNO4S. The molecule has 2 aromatic carbocycles. The van der Waals surface area contributed by atoms with Gasteiger partial charge in [-0.25, -0.2) is 0 Å². The highest BCUT2D eigenvalue weighted by molar-refractivity contribution is 7.84. The van der Waals surface area contributed by atoms with Crippen LogP contribution in [-0.2, 0) is 23.1 Å². The highest BCUT2D eigenvalue weighted by Crippen LogP contribution is 2.22. The van der Waals surface area contributed by atoms with Gasteiger partial charge < -0.3 is 14.5 Å². The molecule has 0 aliphatic heterocycles. The number of hydrogen-bond donors (Lipinski definition) is 1. The molecule has 0 saturated carbocycles. The summed E-state index contributed by atoms with van der Waals surface area (Å²) in [5, 5.41) is 3.26. The van der Waals surface area contributed by atoms with Crippen molar-refractivity contribution in [1.82, 2.24) is 5.32 Å². The molecule has 29 heavy (non-hydrogen) atoms. The summed E-state index contributed by atoms with van der Waals surface area (Å²) in [5.41, 5.74) is 0.945. The van der Waals surface area contributed by atoms with Crippen molar-refractivity contribution in [2.75, 3.05) is 0 Å². The predicted octanol–water partition coefficient (Wildman–Crippen LogP) is 4.96. The molecule has 5 nitrogen and oxygen atoms in total. The Balaban J connectivity index is 1.55. The van der Waals surface area contributed by atoms with Crippen molar-refractivity contribution in [3.63, 3.8) is 0 Å². The quantitative estimate of drug-likeness (QED) is 0.547. The molecule has 1 heterocycles. The Morgan fingerprint density at radius 1 is 1.10 bits per heavy atom. The summed E-state index contributed by atoms with van der Waals surface area (Å²) in [6.07, 6.45) is 0.112. The van der Waals surface area contributed by atoms with Gasteiger partial charge in [-0.15, -0.1) is 0 Å². The molecule has 152 valence electrons. The lowest BCUT2D eigenvalue weighted by Gasteiger charge is -2.10. The van der Waals surface area contributed by atoms with Gasteiger partial charge in [0.15, 0.2) is 5.76 Å². The van der Waals surface area contributed by atoms with Crippen LogP contribution >= 0.6 is 11.6 Å². The van der Waals surface area contributed by atoms with E-state index in [1.807, 2.05) is 38.1 Å². The molecule has 1 amide bonds. The predicted molar refractivity (Wildman–Crippen MR) is 114 cm³/mol. The number of hydrogen-bond acceptors (Lipinski definition) is 4. The number of furan rings is 1. The number of carbonyl (C=O) groups excluding carboxylic acids is 1. The maximum atomic E-state index is 12.5. The first-order valence-electron chi connectivity index (χ1n) is 9.18. The van der Waals surface area contributed by atoms with Crippen molar-refractivity contribution in [1.29, 1.82) is 0 Å². The smallest absolute Gasteiger partial charge is 0.287 e. The second-order valence-electron chi connectivity index (χ2n) is 6.68. The number of rotatable bonds is 8. The Labute approximate surface area is 177 Å². The van der Waals surface area contributed by atoms with Crippen molar-refractivity contribution < 1.29 is 18.2 Å². The monoisotopic (exact) mass is 431 g/mol. The van der Waals surface area contributed by atoms with E-state index >= 15 is 0 Å². The number of ether oxygens (including phenoxy) is 1.